The molecule has 6 nitrogen and oxygen atoms in total. The normalized spacial score (nSPS) is 13.7. The molecule has 0 aliphatic heterocycles. The van der Waals surface area contributed by atoms with Crippen LogP contribution in [0.25, 0.3) is 0 Å². The Balaban J connectivity index is 3.81. The predicted molar refractivity (Wildman–Crippen MR) is 100 cm³/mol. The van der Waals surface area contributed by atoms with Gasteiger partial charge in [-0.1, -0.05) is 42.5 Å². The molecule has 0 aliphatic rings. The number of aliphatic hydroxyl groups is 3. The summed E-state index contributed by atoms with van der Waals surface area (Å²) in [5.74, 6) is -0.887. The van der Waals surface area contributed by atoms with Crippen LogP contribution in [0.15, 0.2) is 48.6 Å². The number of carboxylic acids is 1. The maximum absolute atomic E-state index is 11.6. The number of carbonyl (C=O) groups excluding carboxylic acids is 1. The predicted octanol–water partition coefficient (Wildman–Crippen LogP) is 2.66. The summed E-state index contributed by atoms with van der Waals surface area (Å²) in [4.78, 5) is 21.9. The first-order valence-electron chi connectivity index (χ1n) is 8.87. The molecule has 4 N–H and O–H groups in total. The highest BCUT2D eigenvalue weighted by Crippen LogP contribution is 2.04. The Morgan fingerprint density at radius 1 is 0.846 bits per heavy atom. The Kier molecular flexibility index (Phi) is 15.2. The van der Waals surface area contributed by atoms with Gasteiger partial charge in [-0.25, -0.2) is 0 Å². The average molecular weight is 366 g/mol. The first-order valence-corrected chi connectivity index (χ1v) is 8.87. The third-order valence-electron chi connectivity index (χ3n) is 3.41. The van der Waals surface area contributed by atoms with Gasteiger partial charge >= 0.3 is 5.97 Å². The number of carbonyl (C=O) groups is 2. The number of hydrogen-bond donors (Lipinski definition) is 4. The van der Waals surface area contributed by atoms with E-state index in [4.69, 9.17) is 15.3 Å². The first kappa shape index (κ1) is 24.0. The van der Waals surface area contributed by atoms with Crippen molar-refractivity contribution in [2.45, 2.75) is 63.8 Å². The number of aliphatic carboxylic acids is 1. The van der Waals surface area contributed by atoms with Gasteiger partial charge in [0.2, 0.25) is 0 Å². The second kappa shape index (κ2) is 16.4. The summed E-state index contributed by atoms with van der Waals surface area (Å²) in [6.07, 6.45) is 15.5. The monoisotopic (exact) mass is 366 g/mol. The summed E-state index contributed by atoms with van der Waals surface area (Å²) in [6.45, 7) is 0. The van der Waals surface area contributed by atoms with Gasteiger partial charge in [0.05, 0.1) is 6.10 Å². The van der Waals surface area contributed by atoms with Crippen molar-refractivity contribution in [2.75, 3.05) is 0 Å². The molecule has 0 aromatic heterocycles. The molecule has 0 aliphatic carbocycles. The highest BCUT2D eigenvalue weighted by molar-refractivity contribution is 5.90. The van der Waals surface area contributed by atoms with Gasteiger partial charge in [-0.3, -0.25) is 9.59 Å². The second-order valence-corrected chi connectivity index (χ2v) is 5.89. The van der Waals surface area contributed by atoms with Crippen molar-refractivity contribution >= 4 is 11.8 Å². The number of aliphatic hydroxyl groups excluding tert-OH is 2. The Hall–Kier alpha value is -2.02. The molecular formula is C20H30O6. The van der Waals surface area contributed by atoms with Crippen molar-refractivity contribution in [1.29, 1.82) is 0 Å². The van der Waals surface area contributed by atoms with Gasteiger partial charge in [-0.2, -0.15) is 0 Å². The van der Waals surface area contributed by atoms with Crippen molar-refractivity contribution in [1.82, 2.24) is 0 Å². The van der Waals surface area contributed by atoms with Crippen LogP contribution in [0.2, 0.25) is 0 Å². The molecule has 0 rings (SSSR count). The summed E-state index contributed by atoms with van der Waals surface area (Å²) in [5.41, 5.74) is 0. The van der Waals surface area contributed by atoms with E-state index < -0.39 is 18.4 Å². The lowest BCUT2D eigenvalue weighted by atomic mass is 10.1. The zero-order valence-electron chi connectivity index (χ0n) is 15.0. The molecule has 1 atom stereocenters. The minimum atomic E-state index is -1.24. The largest absolute Gasteiger partial charge is 0.481 e. The van der Waals surface area contributed by atoms with E-state index >= 15 is 0 Å². The van der Waals surface area contributed by atoms with Gasteiger partial charge < -0.3 is 20.4 Å². The molecule has 0 aromatic carbocycles. The van der Waals surface area contributed by atoms with Crippen molar-refractivity contribution in [3.05, 3.63) is 48.6 Å². The number of hydrogen-bond acceptors (Lipinski definition) is 5. The topological polar surface area (TPSA) is 115 Å². The molecule has 0 fully saturated rings. The number of unbranched alkanes of at least 4 members (excludes halogenated alkanes) is 2. The Morgan fingerprint density at radius 3 is 2.27 bits per heavy atom. The first-order chi connectivity index (χ1) is 12.4. The molecule has 26 heavy (non-hydrogen) atoms. The van der Waals surface area contributed by atoms with Gasteiger partial charge in [0, 0.05) is 12.8 Å². The average Bonchev–Trinajstić information content (AvgIpc) is 2.56. The van der Waals surface area contributed by atoms with Crippen LogP contribution in [0.3, 0.4) is 0 Å². The number of ketones is 1. The maximum atomic E-state index is 11.6. The lowest BCUT2D eigenvalue weighted by Gasteiger charge is -2.02. The van der Waals surface area contributed by atoms with E-state index in [0.29, 0.717) is 25.7 Å². The zero-order chi connectivity index (χ0) is 19.6. The molecule has 0 spiro atoms. The van der Waals surface area contributed by atoms with E-state index in [-0.39, 0.29) is 12.2 Å². The highest BCUT2D eigenvalue weighted by Gasteiger charge is 2.01. The van der Waals surface area contributed by atoms with Gasteiger partial charge in [-0.05, 0) is 44.6 Å². The van der Waals surface area contributed by atoms with Crippen LogP contribution >= 0.6 is 0 Å². The summed E-state index contributed by atoms with van der Waals surface area (Å²) in [6, 6.07) is 0. The van der Waals surface area contributed by atoms with Gasteiger partial charge in [0.25, 0.3) is 0 Å². The third-order valence-corrected chi connectivity index (χ3v) is 3.41. The van der Waals surface area contributed by atoms with E-state index in [0.717, 1.165) is 19.3 Å². The molecule has 0 heterocycles. The lowest BCUT2D eigenvalue weighted by Crippen LogP contribution is -2.03. The summed E-state index contributed by atoms with van der Waals surface area (Å²) in [5, 5.41) is 35.5. The van der Waals surface area contributed by atoms with E-state index in [1.807, 2.05) is 6.08 Å². The van der Waals surface area contributed by atoms with Crippen molar-refractivity contribution < 1.29 is 30.0 Å². The van der Waals surface area contributed by atoms with Gasteiger partial charge in [0.1, 0.15) is 0 Å². The molecule has 0 saturated carbocycles. The molecular weight excluding hydrogens is 336 g/mol. The van der Waals surface area contributed by atoms with Crippen molar-refractivity contribution in [2.24, 2.45) is 0 Å². The smallest absolute Gasteiger partial charge is 0.303 e. The van der Waals surface area contributed by atoms with Gasteiger partial charge in [-0.15, -0.1) is 0 Å². The SMILES string of the molecule is O=C(O)CCCC(O)C=CC=CC=CC(=O)CC=CCCCCC(O)O. The number of allylic oxidation sites excluding steroid dienone is 7. The van der Waals surface area contributed by atoms with Crippen LogP contribution in [0.4, 0.5) is 0 Å². The van der Waals surface area contributed by atoms with Crippen molar-refractivity contribution in [3.63, 3.8) is 0 Å². The van der Waals surface area contributed by atoms with Crippen LogP contribution in [0.1, 0.15) is 51.4 Å². The van der Waals surface area contributed by atoms with Crippen LogP contribution in [0.5, 0.6) is 0 Å². The fourth-order valence-corrected chi connectivity index (χ4v) is 2.02. The molecule has 0 aromatic rings. The van der Waals surface area contributed by atoms with Crippen LogP contribution in [0, 0.1) is 0 Å². The quantitative estimate of drug-likeness (QED) is 0.116. The molecule has 146 valence electrons. The van der Waals surface area contributed by atoms with Crippen molar-refractivity contribution in [3.8, 4) is 0 Å². The summed E-state index contributed by atoms with van der Waals surface area (Å²) >= 11 is 0. The van der Waals surface area contributed by atoms with E-state index in [1.165, 1.54) is 6.08 Å². The highest BCUT2D eigenvalue weighted by atomic mass is 16.5. The second-order valence-electron chi connectivity index (χ2n) is 5.89. The maximum Gasteiger partial charge on any atom is 0.303 e. The van der Waals surface area contributed by atoms with Crippen LogP contribution in [-0.4, -0.2) is 44.6 Å². The minimum Gasteiger partial charge on any atom is -0.481 e. The van der Waals surface area contributed by atoms with E-state index in [9.17, 15) is 14.7 Å². The van der Waals surface area contributed by atoms with Gasteiger partial charge in [0.15, 0.2) is 12.1 Å². The lowest BCUT2D eigenvalue weighted by molar-refractivity contribution is -0.137. The Bertz CT molecular complexity index is 502. The molecule has 6 heteroatoms. The molecule has 0 saturated heterocycles. The summed E-state index contributed by atoms with van der Waals surface area (Å²) in [7, 11) is 0. The zero-order valence-corrected chi connectivity index (χ0v) is 15.0. The number of rotatable bonds is 15. The number of carboxylic acid groups (broad SMARTS) is 1. The fourth-order valence-electron chi connectivity index (χ4n) is 2.02. The molecule has 0 bridgehead atoms. The molecule has 1 unspecified atom stereocenters. The van der Waals surface area contributed by atoms with Crippen LogP contribution in [-0.2, 0) is 9.59 Å². The summed E-state index contributed by atoms with van der Waals surface area (Å²) < 4.78 is 0. The molecule has 0 amide bonds. The van der Waals surface area contributed by atoms with E-state index in [2.05, 4.69) is 0 Å². The minimum absolute atomic E-state index is 0.0191. The standard InChI is InChI=1S/C20H30O6/c21-17(11-6-2-1-3-9-15-19(23)24)12-7-4-5-8-13-18(22)14-10-16-20(25)26/h2,4-8,12-13,18-19,22-24H,1,3,9-11,14-16H2,(H,25,26). The van der Waals surface area contributed by atoms with E-state index in [1.54, 1.807) is 36.5 Å². The van der Waals surface area contributed by atoms with Crippen LogP contribution < -0.4 is 0 Å². The fraction of sp³-hybridized carbons (Fsp3) is 0.500. The third kappa shape index (κ3) is 18.3. The molecule has 0 radical (unpaired) electrons. The Morgan fingerprint density at radius 2 is 1.58 bits per heavy atom. The Labute approximate surface area is 154 Å².